The summed E-state index contributed by atoms with van der Waals surface area (Å²) in [5.74, 6) is 0.230. The van der Waals surface area contributed by atoms with Gasteiger partial charge in [-0.15, -0.1) is 11.3 Å². The van der Waals surface area contributed by atoms with Crippen molar-refractivity contribution in [3.05, 3.63) is 35.8 Å². The lowest BCUT2D eigenvalue weighted by Gasteiger charge is -2.33. The molecule has 1 N–H and O–H groups in total. The highest BCUT2D eigenvalue weighted by molar-refractivity contribution is 7.13. The van der Waals surface area contributed by atoms with E-state index in [1.54, 1.807) is 11.1 Å². The molecular formula is C21H27N3O4S. The molecule has 2 heterocycles. The Morgan fingerprint density at radius 2 is 1.97 bits per heavy atom. The minimum Gasteiger partial charge on any atom is -0.449 e. The molecule has 29 heavy (non-hydrogen) atoms. The van der Waals surface area contributed by atoms with E-state index in [1.807, 2.05) is 50.4 Å². The molecule has 0 bridgehead atoms. The van der Waals surface area contributed by atoms with E-state index in [0.29, 0.717) is 25.4 Å². The molecule has 0 spiro atoms. The fourth-order valence-electron chi connectivity index (χ4n) is 3.08. The molecular weight excluding hydrogens is 390 g/mol. The summed E-state index contributed by atoms with van der Waals surface area (Å²) < 4.78 is 10.8. The molecule has 1 aromatic carbocycles. The average Bonchev–Trinajstić information content (AvgIpc) is 3.20. The van der Waals surface area contributed by atoms with Crippen molar-refractivity contribution in [3.8, 4) is 10.6 Å². The number of amides is 2. The van der Waals surface area contributed by atoms with E-state index in [-0.39, 0.29) is 12.0 Å². The third-order valence-corrected chi connectivity index (χ3v) is 5.35. The van der Waals surface area contributed by atoms with Crippen molar-refractivity contribution in [2.45, 2.75) is 39.2 Å². The first kappa shape index (κ1) is 21.1. The molecule has 0 radical (unpaired) electrons. The molecule has 7 nitrogen and oxygen atoms in total. The number of rotatable bonds is 4. The number of likely N-dealkylation sites (tertiary alicyclic amines) is 1. The highest BCUT2D eigenvalue weighted by Crippen LogP contribution is 2.29. The lowest BCUT2D eigenvalue weighted by atomic mass is 9.98. The molecule has 1 fully saturated rings. The number of para-hydroxylation sites is 1. The summed E-state index contributed by atoms with van der Waals surface area (Å²) in [7, 11) is 0. The van der Waals surface area contributed by atoms with Gasteiger partial charge in [0.25, 0.3) is 0 Å². The van der Waals surface area contributed by atoms with Crippen LogP contribution in [0.1, 0.15) is 33.6 Å². The average molecular weight is 418 g/mol. The molecule has 1 saturated heterocycles. The molecule has 1 aliphatic rings. The largest absolute Gasteiger partial charge is 0.449 e. The number of hydrogen-bond donors (Lipinski definition) is 1. The van der Waals surface area contributed by atoms with Crippen LogP contribution in [0, 0.1) is 5.92 Å². The summed E-state index contributed by atoms with van der Waals surface area (Å²) in [6, 6.07) is 7.52. The number of benzene rings is 1. The predicted octanol–water partition coefficient (Wildman–Crippen LogP) is 5.01. The maximum absolute atomic E-state index is 12.3. The molecule has 0 aliphatic carbocycles. The van der Waals surface area contributed by atoms with Gasteiger partial charge in [0.1, 0.15) is 10.6 Å². The van der Waals surface area contributed by atoms with E-state index >= 15 is 0 Å². The molecule has 0 saturated carbocycles. The Morgan fingerprint density at radius 1 is 1.24 bits per heavy atom. The van der Waals surface area contributed by atoms with Gasteiger partial charge in [-0.1, -0.05) is 12.1 Å². The van der Waals surface area contributed by atoms with E-state index in [4.69, 9.17) is 9.47 Å². The van der Waals surface area contributed by atoms with Crippen LogP contribution in [0.2, 0.25) is 0 Å². The Balaban J connectivity index is 1.45. The van der Waals surface area contributed by atoms with Crippen molar-refractivity contribution in [3.63, 3.8) is 0 Å². The van der Waals surface area contributed by atoms with Gasteiger partial charge >= 0.3 is 12.2 Å². The van der Waals surface area contributed by atoms with Gasteiger partial charge in [-0.3, -0.25) is 5.32 Å². The van der Waals surface area contributed by atoms with Crippen LogP contribution in [-0.2, 0) is 9.47 Å². The van der Waals surface area contributed by atoms with Crippen LogP contribution in [0.15, 0.2) is 35.8 Å². The first-order valence-electron chi connectivity index (χ1n) is 9.72. The molecule has 2 amide bonds. The number of carbonyl (C=O) groups is 2. The second-order valence-electron chi connectivity index (χ2n) is 8.02. The van der Waals surface area contributed by atoms with Crippen LogP contribution in [0.4, 0.5) is 15.3 Å². The zero-order valence-electron chi connectivity index (χ0n) is 17.0. The molecule has 1 aliphatic heterocycles. The van der Waals surface area contributed by atoms with E-state index in [0.717, 1.165) is 23.4 Å². The van der Waals surface area contributed by atoms with E-state index in [9.17, 15) is 9.59 Å². The molecule has 1 aromatic heterocycles. The number of nitrogens with zero attached hydrogens (tertiary/aromatic N) is 2. The summed E-state index contributed by atoms with van der Waals surface area (Å²) >= 11 is 1.51. The smallest absolute Gasteiger partial charge is 0.411 e. The standard InChI is InChI=1S/C21H27N3O4S/c1-21(2,3)28-20(26)24-11-8-15(9-12-24)14-27-19(25)23-17-7-5-4-6-16(17)18-22-10-13-29-18/h4-7,10,13,15H,8-9,11-12,14H2,1-3H3,(H,23,25). The highest BCUT2D eigenvalue weighted by Gasteiger charge is 2.27. The fraction of sp³-hybridized carbons (Fsp3) is 0.476. The number of thiazole rings is 1. The number of nitrogens with one attached hydrogen (secondary N) is 1. The van der Waals surface area contributed by atoms with Crippen molar-refractivity contribution in [2.75, 3.05) is 25.0 Å². The lowest BCUT2D eigenvalue weighted by Crippen LogP contribution is -2.42. The third kappa shape index (κ3) is 6.19. The number of hydrogen-bond acceptors (Lipinski definition) is 6. The van der Waals surface area contributed by atoms with E-state index < -0.39 is 11.7 Å². The van der Waals surface area contributed by atoms with Crippen LogP contribution in [0.25, 0.3) is 10.6 Å². The number of anilines is 1. The van der Waals surface area contributed by atoms with Gasteiger partial charge < -0.3 is 14.4 Å². The summed E-state index contributed by atoms with van der Waals surface area (Å²) in [5, 5.41) is 5.55. The number of piperidine rings is 1. The minimum atomic E-state index is -0.496. The third-order valence-electron chi connectivity index (χ3n) is 4.54. The monoisotopic (exact) mass is 417 g/mol. The molecule has 2 aromatic rings. The molecule has 0 unspecified atom stereocenters. The van der Waals surface area contributed by atoms with Crippen molar-refractivity contribution < 1.29 is 19.1 Å². The summed E-state index contributed by atoms with van der Waals surface area (Å²) in [6.45, 7) is 7.12. The van der Waals surface area contributed by atoms with Crippen molar-refractivity contribution in [1.29, 1.82) is 0 Å². The normalized spacial score (nSPS) is 15.1. The van der Waals surface area contributed by atoms with E-state index in [1.165, 1.54) is 11.3 Å². The molecule has 3 rings (SSSR count). The Labute approximate surface area is 175 Å². The molecule has 8 heteroatoms. The van der Waals surface area contributed by atoms with E-state index in [2.05, 4.69) is 10.3 Å². The summed E-state index contributed by atoms with van der Waals surface area (Å²) in [5.41, 5.74) is 1.04. The topological polar surface area (TPSA) is 80.8 Å². The number of carbonyl (C=O) groups excluding carboxylic acids is 2. The van der Waals surface area contributed by atoms with Gasteiger partial charge in [0.05, 0.1) is 12.3 Å². The van der Waals surface area contributed by atoms with Crippen LogP contribution >= 0.6 is 11.3 Å². The Hall–Kier alpha value is -2.61. The van der Waals surface area contributed by atoms with Crippen LogP contribution in [0.3, 0.4) is 0 Å². The van der Waals surface area contributed by atoms with Gasteiger partial charge in [0.15, 0.2) is 0 Å². The first-order chi connectivity index (χ1) is 13.8. The second kappa shape index (κ2) is 9.26. The zero-order chi connectivity index (χ0) is 20.9. The second-order valence-corrected chi connectivity index (χ2v) is 8.91. The SMILES string of the molecule is CC(C)(C)OC(=O)N1CCC(COC(=O)Nc2ccccc2-c2nccs2)CC1. The van der Waals surface area contributed by atoms with Gasteiger partial charge in [0.2, 0.25) is 0 Å². The van der Waals surface area contributed by atoms with Gasteiger partial charge in [0, 0.05) is 30.2 Å². The molecule has 156 valence electrons. The molecule has 0 atom stereocenters. The number of ether oxygens (including phenoxy) is 2. The Bertz CT molecular complexity index is 825. The first-order valence-corrected chi connectivity index (χ1v) is 10.6. The quantitative estimate of drug-likeness (QED) is 0.757. The number of aromatic nitrogens is 1. The van der Waals surface area contributed by atoms with Gasteiger partial charge in [-0.2, -0.15) is 0 Å². The zero-order valence-corrected chi connectivity index (χ0v) is 17.8. The lowest BCUT2D eigenvalue weighted by molar-refractivity contribution is 0.0153. The Kier molecular flexibility index (Phi) is 6.74. The summed E-state index contributed by atoms with van der Waals surface area (Å²) in [4.78, 5) is 30.4. The summed E-state index contributed by atoms with van der Waals surface area (Å²) in [6.07, 6.45) is 2.53. The minimum absolute atomic E-state index is 0.230. The fourth-order valence-corrected chi connectivity index (χ4v) is 3.76. The van der Waals surface area contributed by atoms with Crippen molar-refractivity contribution >= 4 is 29.2 Å². The van der Waals surface area contributed by atoms with Crippen molar-refractivity contribution in [1.82, 2.24) is 9.88 Å². The van der Waals surface area contributed by atoms with Gasteiger partial charge in [-0.25, -0.2) is 14.6 Å². The Morgan fingerprint density at radius 3 is 2.62 bits per heavy atom. The van der Waals surface area contributed by atoms with Crippen LogP contribution in [-0.4, -0.2) is 47.4 Å². The maximum Gasteiger partial charge on any atom is 0.411 e. The van der Waals surface area contributed by atoms with Crippen LogP contribution < -0.4 is 5.32 Å². The van der Waals surface area contributed by atoms with Crippen LogP contribution in [0.5, 0.6) is 0 Å². The maximum atomic E-state index is 12.3. The van der Waals surface area contributed by atoms with Gasteiger partial charge in [-0.05, 0) is 51.7 Å². The highest BCUT2D eigenvalue weighted by atomic mass is 32.1. The predicted molar refractivity (Wildman–Crippen MR) is 113 cm³/mol. The van der Waals surface area contributed by atoms with Crippen molar-refractivity contribution in [2.24, 2.45) is 5.92 Å².